The lowest BCUT2D eigenvalue weighted by Gasteiger charge is -2.26. The molecule has 7 aromatic rings. The number of aliphatic hydroxyl groups is 1. The van der Waals surface area contributed by atoms with Crippen LogP contribution in [0.2, 0.25) is 5.02 Å². The van der Waals surface area contributed by atoms with E-state index >= 15 is 0 Å². The summed E-state index contributed by atoms with van der Waals surface area (Å²) in [6.07, 6.45) is 13.0. The topological polar surface area (TPSA) is 20.2 Å². The summed E-state index contributed by atoms with van der Waals surface area (Å²) < 4.78 is 0. The van der Waals surface area contributed by atoms with E-state index in [9.17, 15) is 5.11 Å². The average Bonchev–Trinajstić information content (AvgIpc) is 4.00. The van der Waals surface area contributed by atoms with Gasteiger partial charge in [0.05, 0.1) is 0 Å². The Labute approximate surface area is 334 Å². The summed E-state index contributed by atoms with van der Waals surface area (Å²) in [7, 11) is 0. The first-order valence-electron chi connectivity index (χ1n) is 19.4. The fourth-order valence-electron chi connectivity index (χ4n) is 9.13. The highest BCUT2D eigenvalue weighted by Gasteiger charge is 2.36. The molecular weight excluding hydrogens is 700 g/mol. The van der Waals surface area contributed by atoms with Gasteiger partial charge in [0.1, 0.15) is 5.60 Å². The summed E-state index contributed by atoms with van der Waals surface area (Å²) in [4.78, 5) is 0. The Morgan fingerprint density at radius 1 is 0.554 bits per heavy atom. The van der Waals surface area contributed by atoms with Gasteiger partial charge in [-0.15, -0.1) is 0 Å². The Morgan fingerprint density at radius 2 is 1.07 bits per heavy atom. The molecule has 272 valence electrons. The number of allylic oxidation sites excluding steroid dienone is 2. The number of aryl methyl sites for hydroxylation is 1. The van der Waals surface area contributed by atoms with Gasteiger partial charge < -0.3 is 5.11 Å². The van der Waals surface area contributed by atoms with E-state index in [-0.39, 0.29) is 0 Å². The van der Waals surface area contributed by atoms with Crippen LogP contribution in [0.1, 0.15) is 64.3 Å². The van der Waals surface area contributed by atoms with Crippen molar-refractivity contribution in [2.45, 2.75) is 39.2 Å². The van der Waals surface area contributed by atoms with Crippen molar-refractivity contribution in [3.05, 3.63) is 212 Å². The minimum Gasteiger partial charge on any atom is -0.381 e. The summed E-state index contributed by atoms with van der Waals surface area (Å²) in [5, 5.41) is 14.1. The van der Waals surface area contributed by atoms with Gasteiger partial charge in [0.2, 0.25) is 0 Å². The SMILES string of the molecule is CC1(O)c2ccccc2-c2ccccc21.CC1c2ccccc2-c2ccccc21.Cc1c2c(cc3c1=CC=C3)=CC=C2.Cc1cccc2c1-c1cccc(Cl)c1-2. The van der Waals surface area contributed by atoms with Gasteiger partial charge in [-0.1, -0.05) is 182 Å². The van der Waals surface area contributed by atoms with Crippen LogP contribution in [0.4, 0.5) is 0 Å². The molecule has 5 aliphatic rings. The van der Waals surface area contributed by atoms with Crippen molar-refractivity contribution in [3.8, 4) is 44.5 Å². The number of benzene rings is 7. The van der Waals surface area contributed by atoms with Crippen LogP contribution in [0, 0.1) is 13.8 Å². The average molecular weight is 743 g/mol. The van der Waals surface area contributed by atoms with E-state index < -0.39 is 5.60 Å². The summed E-state index contributed by atoms with van der Waals surface area (Å²) >= 11 is 6.15. The number of halogens is 1. The van der Waals surface area contributed by atoms with E-state index in [4.69, 9.17) is 11.6 Å². The van der Waals surface area contributed by atoms with Crippen LogP contribution in [0.25, 0.3) is 68.8 Å². The highest BCUT2D eigenvalue weighted by atomic mass is 35.5. The summed E-state index contributed by atoms with van der Waals surface area (Å²) in [5.74, 6) is 0.558. The second-order valence-electron chi connectivity index (χ2n) is 15.3. The first-order valence-corrected chi connectivity index (χ1v) is 19.8. The molecule has 0 saturated carbocycles. The molecule has 0 saturated heterocycles. The maximum absolute atomic E-state index is 10.5. The number of fused-ring (bicyclic) bond motifs is 12. The van der Waals surface area contributed by atoms with Crippen LogP contribution < -0.4 is 10.4 Å². The third kappa shape index (κ3) is 5.91. The van der Waals surface area contributed by atoms with E-state index in [0.29, 0.717) is 5.92 Å². The third-order valence-electron chi connectivity index (χ3n) is 12.0. The van der Waals surface area contributed by atoms with Crippen LogP contribution in [-0.4, -0.2) is 5.11 Å². The van der Waals surface area contributed by atoms with Gasteiger partial charge in [0, 0.05) is 16.5 Å². The van der Waals surface area contributed by atoms with Crippen LogP contribution in [0.15, 0.2) is 152 Å². The second-order valence-corrected chi connectivity index (χ2v) is 15.7. The number of rotatable bonds is 0. The molecule has 0 atom stereocenters. The van der Waals surface area contributed by atoms with Crippen molar-refractivity contribution in [2.24, 2.45) is 0 Å². The molecule has 1 nitrogen and oxygen atoms in total. The molecule has 0 amide bonds. The molecule has 0 bridgehead atoms. The quantitative estimate of drug-likeness (QED) is 0.164. The van der Waals surface area contributed by atoms with Crippen molar-refractivity contribution in [1.82, 2.24) is 0 Å². The Kier molecular flexibility index (Phi) is 9.09. The largest absolute Gasteiger partial charge is 0.381 e. The second kappa shape index (κ2) is 14.3. The van der Waals surface area contributed by atoms with Gasteiger partial charge in [0.25, 0.3) is 0 Å². The molecule has 0 fully saturated rings. The molecule has 5 aliphatic carbocycles. The Morgan fingerprint density at radius 3 is 1.71 bits per heavy atom. The Balaban J connectivity index is 0.0000000976. The molecular formula is C54H43ClO. The smallest absolute Gasteiger partial charge is 0.113 e. The van der Waals surface area contributed by atoms with Crippen LogP contribution in [0.3, 0.4) is 0 Å². The molecule has 7 aromatic carbocycles. The van der Waals surface area contributed by atoms with Gasteiger partial charge >= 0.3 is 0 Å². The van der Waals surface area contributed by atoms with Crippen molar-refractivity contribution in [2.75, 3.05) is 0 Å². The van der Waals surface area contributed by atoms with Crippen molar-refractivity contribution >= 4 is 35.9 Å². The highest BCUT2D eigenvalue weighted by Crippen LogP contribution is 2.52. The zero-order chi connectivity index (χ0) is 38.6. The highest BCUT2D eigenvalue weighted by molar-refractivity contribution is 6.35. The molecule has 2 heteroatoms. The molecule has 0 aromatic heterocycles. The molecule has 12 rings (SSSR count). The molecule has 0 spiro atoms. The number of hydrogen-bond donors (Lipinski definition) is 1. The normalized spacial score (nSPS) is 14.1. The summed E-state index contributed by atoms with van der Waals surface area (Å²) in [5.41, 5.74) is 19.9. The Bertz CT molecular complexity index is 2730. The minimum atomic E-state index is -0.840. The molecule has 56 heavy (non-hydrogen) atoms. The fraction of sp³-hybridized carbons (Fsp3) is 0.111. The first-order chi connectivity index (χ1) is 27.2. The van der Waals surface area contributed by atoms with Gasteiger partial charge in [-0.05, 0) is 127 Å². The molecule has 0 radical (unpaired) electrons. The monoisotopic (exact) mass is 742 g/mol. The minimum absolute atomic E-state index is 0.558. The lowest BCUT2D eigenvalue weighted by Crippen LogP contribution is -2.18. The van der Waals surface area contributed by atoms with Crippen molar-refractivity contribution < 1.29 is 5.11 Å². The fourth-order valence-corrected chi connectivity index (χ4v) is 9.41. The van der Waals surface area contributed by atoms with Gasteiger partial charge in [-0.2, -0.15) is 0 Å². The maximum atomic E-state index is 10.5. The van der Waals surface area contributed by atoms with Gasteiger partial charge in [0.15, 0.2) is 0 Å². The summed E-state index contributed by atoms with van der Waals surface area (Å²) in [6, 6.07) is 48.2. The number of hydrogen-bond acceptors (Lipinski definition) is 1. The Hall–Kier alpha value is -5.99. The van der Waals surface area contributed by atoms with E-state index in [1.807, 2.05) is 55.5 Å². The molecule has 0 unspecified atom stereocenters. The van der Waals surface area contributed by atoms with E-state index in [1.165, 1.54) is 77.2 Å². The lowest BCUT2D eigenvalue weighted by atomic mass is 9.78. The third-order valence-corrected chi connectivity index (χ3v) is 12.3. The summed E-state index contributed by atoms with van der Waals surface area (Å²) in [6.45, 7) is 8.48. The van der Waals surface area contributed by atoms with Crippen molar-refractivity contribution in [1.29, 1.82) is 0 Å². The standard InChI is InChI=1S/C14H12O.C14H12.C13H9Cl.C13H10/c1-14(15)12-8-4-2-6-10(12)11-7-3-5-9-13(11)14;1-10-11-6-2-4-8-13(11)14-9-5-3-7-12(10)14;1-8-4-2-5-9-12(8)10-6-3-7-11(14)13(9)10;1-9-12-6-2-4-10(12)8-11-5-3-7-13(9)11/h2-9,15H,1H3;2-10H,1H3;2-7H,1H3;2-8H,1H3. The van der Waals surface area contributed by atoms with Crippen LogP contribution in [-0.2, 0) is 5.60 Å². The van der Waals surface area contributed by atoms with Gasteiger partial charge in [-0.3, -0.25) is 0 Å². The maximum Gasteiger partial charge on any atom is 0.113 e. The molecule has 0 heterocycles. The van der Waals surface area contributed by atoms with Crippen LogP contribution in [0.5, 0.6) is 0 Å². The zero-order valence-corrected chi connectivity index (χ0v) is 32.9. The van der Waals surface area contributed by atoms with E-state index in [2.05, 4.69) is 148 Å². The van der Waals surface area contributed by atoms with Crippen molar-refractivity contribution in [3.63, 3.8) is 0 Å². The zero-order valence-electron chi connectivity index (χ0n) is 32.1. The first kappa shape index (κ1) is 35.7. The molecule has 1 N–H and O–H groups in total. The van der Waals surface area contributed by atoms with Crippen LogP contribution >= 0.6 is 11.6 Å². The van der Waals surface area contributed by atoms with Gasteiger partial charge in [-0.25, -0.2) is 0 Å². The lowest BCUT2D eigenvalue weighted by molar-refractivity contribution is 0.107. The predicted octanol–water partition coefficient (Wildman–Crippen LogP) is 12.6. The van der Waals surface area contributed by atoms with E-state index in [1.54, 1.807) is 0 Å². The molecule has 0 aliphatic heterocycles. The predicted molar refractivity (Wildman–Crippen MR) is 238 cm³/mol. The van der Waals surface area contributed by atoms with E-state index in [0.717, 1.165) is 27.3 Å².